The average molecular weight is 253 g/mol. The number of rotatable bonds is 3. The van der Waals surface area contributed by atoms with E-state index in [-0.39, 0.29) is 5.92 Å². The lowest BCUT2D eigenvalue weighted by Gasteiger charge is -2.32. The molecule has 0 amide bonds. The predicted octanol–water partition coefficient (Wildman–Crippen LogP) is 3.33. The molecule has 0 aromatic heterocycles. The lowest BCUT2D eigenvalue weighted by atomic mass is 9.85. The van der Waals surface area contributed by atoms with Crippen molar-refractivity contribution in [3.05, 3.63) is 0 Å². The van der Waals surface area contributed by atoms with Crippen molar-refractivity contribution in [2.75, 3.05) is 0 Å². The number of hydrogen-bond acceptors (Lipinski definition) is 2. The van der Waals surface area contributed by atoms with E-state index >= 15 is 0 Å². The molecule has 0 bridgehead atoms. The zero-order valence-corrected chi connectivity index (χ0v) is 11.4. The first-order valence-electron chi connectivity index (χ1n) is 7.74. The summed E-state index contributed by atoms with van der Waals surface area (Å²) in [5.41, 5.74) is 0. The molecule has 0 aliphatic heterocycles. The summed E-state index contributed by atoms with van der Waals surface area (Å²) < 4.78 is 0. The first-order chi connectivity index (χ1) is 8.75. The smallest absolute Gasteiger partial charge is 0.306 e. The Balaban J connectivity index is 1.78. The lowest BCUT2D eigenvalue weighted by Crippen LogP contribution is -2.42. The second-order valence-corrected chi connectivity index (χ2v) is 6.11. The van der Waals surface area contributed by atoms with E-state index in [0.29, 0.717) is 12.1 Å². The number of nitrogens with one attached hydrogen (secondary N) is 1. The van der Waals surface area contributed by atoms with E-state index in [1.807, 2.05) is 0 Å². The second kappa shape index (κ2) is 7.13. The van der Waals surface area contributed by atoms with E-state index in [2.05, 4.69) is 5.32 Å². The Bertz CT molecular complexity index is 259. The molecule has 2 rings (SSSR count). The summed E-state index contributed by atoms with van der Waals surface area (Å²) in [6.45, 7) is 0. The van der Waals surface area contributed by atoms with E-state index in [1.54, 1.807) is 0 Å². The molecular weight excluding hydrogens is 226 g/mol. The van der Waals surface area contributed by atoms with E-state index in [0.717, 1.165) is 19.3 Å². The molecule has 0 aromatic rings. The highest BCUT2D eigenvalue weighted by Gasteiger charge is 2.28. The summed E-state index contributed by atoms with van der Waals surface area (Å²) in [4.78, 5) is 11.1. The van der Waals surface area contributed by atoms with Crippen LogP contribution in [0.2, 0.25) is 0 Å². The van der Waals surface area contributed by atoms with Crippen LogP contribution in [0.15, 0.2) is 0 Å². The lowest BCUT2D eigenvalue weighted by molar-refractivity contribution is -0.143. The summed E-state index contributed by atoms with van der Waals surface area (Å²) in [6.07, 6.45) is 13.4. The van der Waals surface area contributed by atoms with Crippen LogP contribution in [0.5, 0.6) is 0 Å². The minimum absolute atomic E-state index is 0.107. The normalized spacial score (nSPS) is 31.6. The first kappa shape index (κ1) is 13.9. The summed E-state index contributed by atoms with van der Waals surface area (Å²) in [5, 5.41) is 12.9. The predicted molar refractivity (Wildman–Crippen MR) is 72.6 cm³/mol. The monoisotopic (exact) mass is 253 g/mol. The van der Waals surface area contributed by atoms with Gasteiger partial charge in [0, 0.05) is 12.1 Å². The molecule has 18 heavy (non-hydrogen) atoms. The fraction of sp³-hybridized carbons (Fsp3) is 0.933. The van der Waals surface area contributed by atoms with Gasteiger partial charge in [-0.25, -0.2) is 0 Å². The number of carboxylic acids is 1. The van der Waals surface area contributed by atoms with Crippen molar-refractivity contribution in [1.29, 1.82) is 0 Å². The van der Waals surface area contributed by atoms with Crippen LogP contribution < -0.4 is 5.32 Å². The van der Waals surface area contributed by atoms with Gasteiger partial charge in [0.2, 0.25) is 0 Å². The van der Waals surface area contributed by atoms with Crippen LogP contribution in [0.1, 0.15) is 70.6 Å². The molecule has 2 atom stereocenters. The van der Waals surface area contributed by atoms with Crippen LogP contribution in [0, 0.1) is 5.92 Å². The quantitative estimate of drug-likeness (QED) is 0.811. The van der Waals surface area contributed by atoms with Crippen molar-refractivity contribution in [2.45, 2.75) is 82.7 Å². The molecule has 3 heteroatoms. The Kier molecular flexibility index (Phi) is 5.48. The van der Waals surface area contributed by atoms with Gasteiger partial charge in [0.05, 0.1) is 5.92 Å². The number of aliphatic carboxylic acids is 1. The summed E-state index contributed by atoms with van der Waals surface area (Å²) >= 11 is 0. The molecule has 2 fully saturated rings. The van der Waals surface area contributed by atoms with E-state index < -0.39 is 5.97 Å². The topological polar surface area (TPSA) is 49.3 Å². The summed E-state index contributed by atoms with van der Waals surface area (Å²) in [5.74, 6) is -0.705. The van der Waals surface area contributed by atoms with Gasteiger partial charge >= 0.3 is 5.97 Å². The molecule has 0 saturated heterocycles. The van der Waals surface area contributed by atoms with Crippen LogP contribution in [0.25, 0.3) is 0 Å². The molecule has 0 aromatic carbocycles. The maximum absolute atomic E-state index is 11.1. The molecule has 3 nitrogen and oxygen atoms in total. The highest BCUT2D eigenvalue weighted by molar-refractivity contribution is 5.70. The molecule has 2 saturated carbocycles. The Labute approximate surface area is 110 Å². The molecule has 0 spiro atoms. The summed E-state index contributed by atoms with van der Waals surface area (Å²) in [7, 11) is 0. The van der Waals surface area contributed by atoms with Gasteiger partial charge < -0.3 is 10.4 Å². The van der Waals surface area contributed by atoms with Crippen LogP contribution in [0.3, 0.4) is 0 Å². The van der Waals surface area contributed by atoms with Gasteiger partial charge in [-0.2, -0.15) is 0 Å². The molecule has 2 aliphatic rings. The molecule has 2 unspecified atom stereocenters. The highest BCUT2D eigenvalue weighted by atomic mass is 16.4. The van der Waals surface area contributed by atoms with Gasteiger partial charge in [0.1, 0.15) is 0 Å². The second-order valence-electron chi connectivity index (χ2n) is 6.11. The van der Waals surface area contributed by atoms with Gasteiger partial charge in [-0.3, -0.25) is 4.79 Å². The van der Waals surface area contributed by atoms with Crippen LogP contribution in [0.4, 0.5) is 0 Å². The highest BCUT2D eigenvalue weighted by Crippen LogP contribution is 2.26. The van der Waals surface area contributed by atoms with Gasteiger partial charge in [-0.15, -0.1) is 0 Å². The van der Waals surface area contributed by atoms with E-state index in [4.69, 9.17) is 5.11 Å². The fourth-order valence-electron chi connectivity index (χ4n) is 3.52. The van der Waals surface area contributed by atoms with Crippen LogP contribution in [-0.2, 0) is 4.79 Å². The Hall–Kier alpha value is -0.570. The SMILES string of the molecule is O=C(O)C1CCCC(NC2CCCCCCC2)C1. The largest absolute Gasteiger partial charge is 0.481 e. The summed E-state index contributed by atoms with van der Waals surface area (Å²) in [6, 6.07) is 1.09. The number of hydrogen-bond donors (Lipinski definition) is 2. The Morgan fingerprint density at radius 3 is 2.11 bits per heavy atom. The minimum Gasteiger partial charge on any atom is -0.481 e. The molecular formula is C15H27NO2. The van der Waals surface area contributed by atoms with Crippen molar-refractivity contribution >= 4 is 5.97 Å². The zero-order chi connectivity index (χ0) is 12.8. The van der Waals surface area contributed by atoms with Crippen LogP contribution >= 0.6 is 0 Å². The van der Waals surface area contributed by atoms with Crippen molar-refractivity contribution in [1.82, 2.24) is 5.32 Å². The first-order valence-corrected chi connectivity index (χ1v) is 7.74. The van der Waals surface area contributed by atoms with E-state index in [1.165, 1.54) is 51.4 Å². The van der Waals surface area contributed by atoms with Crippen LogP contribution in [-0.4, -0.2) is 23.2 Å². The van der Waals surface area contributed by atoms with Crippen molar-refractivity contribution in [2.24, 2.45) is 5.92 Å². The minimum atomic E-state index is -0.598. The van der Waals surface area contributed by atoms with E-state index in [9.17, 15) is 4.79 Å². The number of carboxylic acid groups (broad SMARTS) is 1. The third kappa shape index (κ3) is 4.27. The fourth-order valence-corrected chi connectivity index (χ4v) is 3.52. The van der Waals surface area contributed by atoms with Crippen molar-refractivity contribution < 1.29 is 9.90 Å². The number of carbonyl (C=O) groups is 1. The molecule has 104 valence electrons. The third-order valence-corrected chi connectivity index (χ3v) is 4.60. The van der Waals surface area contributed by atoms with Gasteiger partial charge in [0.25, 0.3) is 0 Å². The molecule has 0 radical (unpaired) electrons. The molecule has 0 heterocycles. The zero-order valence-electron chi connectivity index (χ0n) is 11.4. The Morgan fingerprint density at radius 1 is 0.833 bits per heavy atom. The van der Waals surface area contributed by atoms with Crippen molar-refractivity contribution in [3.8, 4) is 0 Å². The van der Waals surface area contributed by atoms with Gasteiger partial charge in [0.15, 0.2) is 0 Å². The maximum Gasteiger partial charge on any atom is 0.306 e. The van der Waals surface area contributed by atoms with Crippen molar-refractivity contribution in [3.63, 3.8) is 0 Å². The Morgan fingerprint density at radius 2 is 1.44 bits per heavy atom. The maximum atomic E-state index is 11.1. The molecule has 2 N–H and O–H groups in total. The van der Waals surface area contributed by atoms with Gasteiger partial charge in [-0.05, 0) is 32.1 Å². The third-order valence-electron chi connectivity index (χ3n) is 4.60. The standard InChI is InChI=1S/C15H27NO2/c17-15(18)12-7-6-10-14(11-12)16-13-8-4-2-1-3-5-9-13/h12-14,16H,1-11H2,(H,17,18). The molecule has 2 aliphatic carbocycles. The van der Waals surface area contributed by atoms with Gasteiger partial charge in [-0.1, -0.05) is 38.5 Å². The average Bonchev–Trinajstić information content (AvgIpc) is 2.33.